The largest absolute Gasteiger partial charge is 0.376 e. The van der Waals surface area contributed by atoms with Gasteiger partial charge in [-0.05, 0) is 89.5 Å². The van der Waals surface area contributed by atoms with Crippen molar-refractivity contribution in [1.29, 1.82) is 0 Å². The van der Waals surface area contributed by atoms with E-state index < -0.39 is 0 Å². The van der Waals surface area contributed by atoms with Crippen LogP contribution >= 0.6 is 0 Å². The molecular weight excluding hydrogens is 466 g/mol. The van der Waals surface area contributed by atoms with Crippen LogP contribution in [0.5, 0.6) is 0 Å². The van der Waals surface area contributed by atoms with E-state index in [2.05, 4.69) is 43.2 Å². The maximum absolute atomic E-state index is 14.0. The minimum atomic E-state index is -0.0976. The Balaban J connectivity index is 1.32. The maximum Gasteiger partial charge on any atom is 0.230 e. The summed E-state index contributed by atoms with van der Waals surface area (Å²) in [6, 6.07) is 10.2. The van der Waals surface area contributed by atoms with Gasteiger partial charge in [0.25, 0.3) is 0 Å². The number of rotatable bonds is 9. The van der Waals surface area contributed by atoms with Crippen molar-refractivity contribution < 1.29 is 19.0 Å². The third kappa shape index (κ3) is 6.33. The smallest absolute Gasteiger partial charge is 0.230 e. The second-order valence-electron chi connectivity index (χ2n) is 10.9. The molecule has 0 radical (unpaired) electrons. The summed E-state index contributed by atoms with van der Waals surface area (Å²) >= 11 is 0. The van der Waals surface area contributed by atoms with Gasteiger partial charge in [0, 0.05) is 17.7 Å². The number of fused-ring (bicyclic) bond motifs is 2. The molecular formula is C30H41N3O4. The monoisotopic (exact) mass is 507 g/mol. The first kappa shape index (κ1) is 26.1. The van der Waals surface area contributed by atoms with Crippen LogP contribution < -0.4 is 10.2 Å². The molecule has 5 rings (SSSR count). The van der Waals surface area contributed by atoms with Crippen LogP contribution in [0.3, 0.4) is 0 Å². The minimum absolute atomic E-state index is 0.000863. The van der Waals surface area contributed by atoms with Gasteiger partial charge in [-0.1, -0.05) is 12.1 Å². The highest BCUT2D eigenvalue weighted by Crippen LogP contribution is 2.39. The number of pyridine rings is 1. The molecule has 2 aromatic rings. The van der Waals surface area contributed by atoms with Crippen molar-refractivity contribution >= 4 is 23.1 Å². The summed E-state index contributed by atoms with van der Waals surface area (Å²) < 4.78 is 18.0. The van der Waals surface area contributed by atoms with Crippen LogP contribution in [0.2, 0.25) is 0 Å². The van der Waals surface area contributed by atoms with E-state index in [0.29, 0.717) is 25.9 Å². The SMILES string of the molecule is CC(C)O[C@H]1CC[C@H](C(=O)N2Cc3cccnc3Nc3ccc(C(C)OCCOC4CCC4)cc32)CC1. The number of benzene rings is 1. The Morgan fingerprint density at radius 2 is 1.86 bits per heavy atom. The van der Waals surface area contributed by atoms with E-state index in [1.807, 2.05) is 23.1 Å². The number of carbonyl (C=O) groups is 1. The third-order valence-electron chi connectivity index (χ3n) is 7.87. The van der Waals surface area contributed by atoms with Crippen molar-refractivity contribution in [2.75, 3.05) is 23.4 Å². The fourth-order valence-electron chi connectivity index (χ4n) is 5.51. The van der Waals surface area contributed by atoms with Crippen LogP contribution in [0.15, 0.2) is 36.5 Å². The Kier molecular flexibility index (Phi) is 8.43. The van der Waals surface area contributed by atoms with Crippen LogP contribution in [0, 0.1) is 5.92 Å². The van der Waals surface area contributed by atoms with Gasteiger partial charge in [0.05, 0.1) is 55.5 Å². The summed E-state index contributed by atoms with van der Waals surface area (Å²) in [7, 11) is 0. The highest BCUT2D eigenvalue weighted by atomic mass is 16.5. The average Bonchev–Trinajstić information content (AvgIpc) is 3.03. The van der Waals surface area contributed by atoms with E-state index in [4.69, 9.17) is 14.2 Å². The number of hydrogen-bond acceptors (Lipinski definition) is 6. The number of ether oxygens (including phenoxy) is 3. The first-order chi connectivity index (χ1) is 18.0. The number of amides is 1. The standard InChI is InChI=1S/C30H41N3O4/c1-20(2)37-26-12-9-22(10-13-26)30(34)33-19-24-6-5-15-31-29(24)32-27-14-11-23(18-28(27)33)21(3)35-16-17-36-25-7-4-8-25/h5-6,11,14-15,18,20-22,25-26H,4,7-10,12-13,16-17,19H2,1-3H3,(H,31,32)/t21?,22-,26-. The van der Waals surface area contributed by atoms with Crippen molar-refractivity contribution in [3.05, 3.63) is 47.7 Å². The van der Waals surface area contributed by atoms with Crippen molar-refractivity contribution in [1.82, 2.24) is 4.98 Å². The molecule has 2 fully saturated rings. The predicted octanol–water partition coefficient (Wildman–Crippen LogP) is 6.30. The third-order valence-corrected chi connectivity index (χ3v) is 7.87. The quantitative estimate of drug-likeness (QED) is 0.402. The van der Waals surface area contributed by atoms with Gasteiger partial charge in [0.2, 0.25) is 5.91 Å². The molecule has 7 heteroatoms. The number of nitrogens with zero attached hydrogens (tertiary/aromatic N) is 2. The van der Waals surface area contributed by atoms with Crippen LogP contribution in [0.25, 0.3) is 0 Å². The van der Waals surface area contributed by atoms with Gasteiger partial charge in [-0.15, -0.1) is 0 Å². The molecule has 0 saturated heterocycles. The maximum atomic E-state index is 14.0. The molecule has 7 nitrogen and oxygen atoms in total. The molecule has 1 aliphatic heterocycles. The van der Waals surface area contributed by atoms with Gasteiger partial charge < -0.3 is 24.4 Å². The number of carbonyl (C=O) groups excluding carboxylic acids is 1. The topological polar surface area (TPSA) is 72.9 Å². The highest BCUT2D eigenvalue weighted by molar-refractivity contribution is 5.99. The summed E-state index contributed by atoms with van der Waals surface area (Å²) in [6.45, 7) is 7.90. The van der Waals surface area contributed by atoms with Crippen molar-refractivity contribution in [3.8, 4) is 0 Å². The van der Waals surface area contributed by atoms with E-state index in [0.717, 1.165) is 54.0 Å². The molecule has 2 aliphatic carbocycles. The van der Waals surface area contributed by atoms with Crippen LogP contribution in [0.1, 0.15) is 82.9 Å². The molecule has 1 amide bonds. The second-order valence-corrected chi connectivity index (χ2v) is 10.9. The van der Waals surface area contributed by atoms with Crippen LogP contribution in [-0.4, -0.2) is 42.4 Å². The van der Waals surface area contributed by atoms with Crippen LogP contribution in [0.4, 0.5) is 17.2 Å². The lowest BCUT2D eigenvalue weighted by Crippen LogP contribution is -2.38. The van der Waals surface area contributed by atoms with Gasteiger partial charge >= 0.3 is 0 Å². The Morgan fingerprint density at radius 1 is 1.05 bits per heavy atom. The molecule has 2 heterocycles. The lowest BCUT2D eigenvalue weighted by molar-refractivity contribution is -0.124. The van der Waals surface area contributed by atoms with Gasteiger partial charge in [-0.2, -0.15) is 0 Å². The lowest BCUT2D eigenvalue weighted by Gasteiger charge is -2.33. The zero-order valence-electron chi connectivity index (χ0n) is 22.4. The summed E-state index contributed by atoms with van der Waals surface area (Å²) in [5.74, 6) is 0.986. The van der Waals surface area contributed by atoms with Crippen molar-refractivity contribution in [2.24, 2.45) is 5.92 Å². The first-order valence-electron chi connectivity index (χ1n) is 14.0. The second kappa shape index (κ2) is 11.9. The van der Waals surface area contributed by atoms with Gasteiger partial charge in [0.1, 0.15) is 5.82 Å². The van der Waals surface area contributed by atoms with E-state index in [1.54, 1.807) is 6.20 Å². The van der Waals surface area contributed by atoms with Gasteiger partial charge in [-0.25, -0.2) is 4.98 Å². The predicted molar refractivity (Wildman–Crippen MR) is 145 cm³/mol. The zero-order valence-corrected chi connectivity index (χ0v) is 22.4. The van der Waals surface area contributed by atoms with Gasteiger partial charge in [-0.3, -0.25) is 4.79 Å². The molecule has 0 bridgehead atoms. The number of nitrogens with one attached hydrogen (secondary N) is 1. The van der Waals surface area contributed by atoms with E-state index in [-0.39, 0.29) is 30.1 Å². The Hall–Kier alpha value is -2.48. The minimum Gasteiger partial charge on any atom is -0.376 e. The fourth-order valence-corrected chi connectivity index (χ4v) is 5.51. The Morgan fingerprint density at radius 3 is 2.59 bits per heavy atom. The van der Waals surface area contributed by atoms with E-state index in [9.17, 15) is 4.79 Å². The normalized spacial score (nSPS) is 22.4. The van der Waals surface area contributed by atoms with Crippen molar-refractivity contribution in [2.45, 2.75) is 96.7 Å². The average molecular weight is 508 g/mol. The molecule has 1 atom stereocenters. The molecule has 0 spiro atoms. The summed E-state index contributed by atoms with van der Waals surface area (Å²) in [6.07, 6.45) is 9.76. The van der Waals surface area contributed by atoms with Gasteiger partial charge in [0.15, 0.2) is 0 Å². The molecule has 1 aromatic heterocycles. The molecule has 3 aliphatic rings. The highest BCUT2D eigenvalue weighted by Gasteiger charge is 2.33. The first-order valence-corrected chi connectivity index (χ1v) is 14.0. The Labute approximate surface area is 220 Å². The summed E-state index contributed by atoms with van der Waals surface area (Å²) in [5.41, 5.74) is 3.85. The molecule has 1 N–H and O–H groups in total. The molecule has 1 aromatic carbocycles. The molecule has 2 saturated carbocycles. The Bertz CT molecular complexity index is 1060. The lowest BCUT2D eigenvalue weighted by atomic mass is 9.86. The van der Waals surface area contributed by atoms with E-state index in [1.165, 1.54) is 19.3 Å². The van der Waals surface area contributed by atoms with Crippen molar-refractivity contribution in [3.63, 3.8) is 0 Å². The molecule has 1 unspecified atom stereocenters. The number of hydrogen-bond donors (Lipinski definition) is 1. The fraction of sp³-hybridized carbons (Fsp3) is 0.600. The molecule has 37 heavy (non-hydrogen) atoms. The molecule has 200 valence electrons. The summed E-state index contributed by atoms with van der Waals surface area (Å²) in [4.78, 5) is 20.5. The van der Waals surface area contributed by atoms with Crippen LogP contribution in [-0.2, 0) is 25.5 Å². The zero-order chi connectivity index (χ0) is 25.8. The summed E-state index contributed by atoms with van der Waals surface area (Å²) in [5, 5.41) is 3.48. The number of anilines is 3. The van der Waals surface area contributed by atoms with E-state index >= 15 is 0 Å². The number of aromatic nitrogens is 1.